The standard InChI is InChI=1S/C16H21N3O/c1-11-5-6-14(13(7-11)16(2,3)4)20-15-18-9-12(8-17)10-19-15/h5-7,9-10H,8,17H2,1-4H3. The number of nitrogens with zero attached hydrogens (tertiary/aromatic N) is 2. The molecule has 4 heteroatoms. The molecular weight excluding hydrogens is 250 g/mol. The Hall–Kier alpha value is -1.94. The van der Waals surface area contributed by atoms with E-state index in [0.29, 0.717) is 12.6 Å². The first-order valence-corrected chi connectivity index (χ1v) is 6.70. The van der Waals surface area contributed by atoms with Crippen molar-refractivity contribution in [2.75, 3.05) is 0 Å². The van der Waals surface area contributed by atoms with Gasteiger partial charge in [0.1, 0.15) is 5.75 Å². The van der Waals surface area contributed by atoms with Gasteiger partial charge in [-0.1, -0.05) is 38.5 Å². The molecule has 0 bridgehead atoms. The Morgan fingerprint density at radius 3 is 2.35 bits per heavy atom. The molecule has 1 aromatic heterocycles. The molecule has 0 saturated heterocycles. The highest BCUT2D eigenvalue weighted by Gasteiger charge is 2.20. The number of hydrogen-bond acceptors (Lipinski definition) is 4. The first-order valence-electron chi connectivity index (χ1n) is 6.70. The van der Waals surface area contributed by atoms with Crippen molar-refractivity contribution < 1.29 is 4.74 Å². The Morgan fingerprint density at radius 1 is 1.15 bits per heavy atom. The molecule has 2 rings (SSSR count). The zero-order chi connectivity index (χ0) is 14.8. The summed E-state index contributed by atoms with van der Waals surface area (Å²) in [5.74, 6) is 0.795. The largest absolute Gasteiger partial charge is 0.424 e. The molecular formula is C16H21N3O. The number of benzene rings is 1. The molecule has 2 aromatic rings. The molecule has 0 aliphatic rings. The quantitative estimate of drug-likeness (QED) is 0.930. The van der Waals surface area contributed by atoms with E-state index in [-0.39, 0.29) is 5.41 Å². The second-order valence-corrected chi connectivity index (χ2v) is 5.93. The van der Waals surface area contributed by atoms with E-state index < -0.39 is 0 Å². The number of aromatic nitrogens is 2. The van der Waals surface area contributed by atoms with Gasteiger partial charge in [-0.2, -0.15) is 0 Å². The molecule has 0 spiro atoms. The number of ether oxygens (including phenoxy) is 1. The summed E-state index contributed by atoms with van der Waals surface area (Å²) in [6, 6.07) is 6.48. The second kappa shape index (κ2) is 5.59. The van der Waals surface area contributed by atoms with Crippen molar-refractivity contribution in [3.63, 3.8) is 0 Å². The molecule has 20 heavy (non-hydrogen) atoms. The molecule has 0 saturated carbocycles. The molecule has 1 aromatic carbocycles. The lowest BCUT2D eigenvalue weighted by Gasteiger charge is -2.22. The first kappa shape index (κ1) is 14.5. The molecule has 0 unspecified atom stereocenters. The first-order chi connectivity index (χ1) is 9.40. The van der Waals surface area contributed by atoms with Crippen LogP contribution >= 0.6 is 0 Å². The smallest absolute Gasteiger partial charge is 0.321 e. The van der Waals surface area contributed by atoms with Crippen molar-refractivity contribution in [2.24, 2.45) is 5.73 Å². The van der Waals surface area contributed by atoms with Crippen molar-refractivity contribution in [3.05, 3.63) is 47.3 Å². The lowest BCUT2D eigenvalue weighted by molar-refractivity contribution is 0.421. The van der Waals surface area contributed by atoms with E-state index in [1.807, 2.05) is 12.1 Å². The fourth-order valence-electron chi connectivity index (χ4n) is 1.92. The van der Waals surface area contributed by atoms with Crippen molar-refractivity contribution in [2.45, 2.75) is 39.7 Å². The third kappa shape index (κ3) is 3.33. The van der Waals surface area contributed by atoms with Crippen LogP contribution in [0.2, 0.25) is 0 Å². The lowest BCUT2D eigenvalue weighted by atomic mass is 9.85. The van der Waals surface area contributed by atoms with E-state index in [1.54, 1.807) is 12.4 Å². The van der Waals surface area contributed by atoms with Gasteiger partial charge in [0, 0.05) is 30.1 Å². The van der Waals surface area contributed by atoms with Crippen LogP contribution in [0.3, 0.4) is 0 Å². The lowest BCUT2D eigenvalue weighted by Crippen LogP contribution is -2.13. The van der Waals surface area contributed by atoms with Gasteiger partial charge in [-0.05, 0) is 18.4 Å². The number of aryl methyl sites for hydroxylation is 1. The van der Waals surface area contributed by atoms with Gasteiger partial charge in [0.15, 0.2) is 0 Å². The number of nitrogens with two attached hydrogens (primary N) is 1. The second-order valence-electron chi connectivity index (χ2n) is 5.93. The van der Waals surface area contributed by atoms with Gasteiger partial charge in [-0.25, -0.2) is 9.97 Å². The third-order valence-electron chi connectivity index (χ3n) is 3.06. The maximum Gasteiger partial charge on any atom is 0.321 e. The minimum Gasteiger partial charge on any atom is -0.424 e. The van der Waals surface area contributed by atoms with E-state index in [9.17, 15) is 0 Å². The molecule has 0 radical (unpaired) electrons. The summed E-state index contributed by atoms with van der Waals surface area (Å²) in [4.78, 5) is 8.35. The van der Waals surface area contributed by atoms with E-state index in [0.717, 1.165) is 16.9 Å². The van der Waals surface area contributed by atoms with Gasteiger partial charge in [0.2, 0.25) is 0 Å². The third-order valence-corrected chi connectivity index (χ3v) is 3.06. The summed E-state index contributed by atoms with van der Waals surface area (Å²) < 4.78 is 5.83. The monoisotopic (exact) mass is 271 g/mol. The van der Waals surface area contributed by atoms with Gasteiger partial charge in [-0.3, -0.25) is 0 Å². The molecule has 0 fully saturated rings. The predicted octanol–water partition coefficient (Wildman–Crippen LogP) is 3.33. The van der Waals surface area contributed by atoms with Crippen LogP contribution in [0.25, 0.3) is 0 Å². The van der Waals surface area contributed by atoms with Crippen LogP contribution in [0.15, 0.2) is 30.6 Å². The van der Waals surface area contributed by atoms with E-state index in [1.165, 1.54) is 5.56 Å². The maximum atomic E-state index is 5.83. The summed E-state index contributed by atoms with van der Waals surface area (Å²) in [6.07, 6.45) is 3.38. The molecule has 0 aliphatic heterocycles. The van der Waals surface area contributed by atoms with Crippen LogP contribution < -0.4 is 10.5 Å². The van der Waals surface area contributed by atoms with Crippen molar-refractivity contribution in [3.8, 4) is 11.8 Å². The average Bonchev–Trinajstić information content (AvgIpc) is 2.40. The maximum absolute atomic E-state index is 5.83. The van der Waals surface area contributed by atoms with E-state index in [4.69, 9.17) is 10.5 Å². The SMILES string of the molecule is Cc1ccc(Oc2ncc(CN)cn2)c(C(C)(C)C)c1. The number of hydrogen-bond donors (Lipinski definition) is 1. The van der Waals surface area contributed by atoms with Gasteiger partial charge in [0.25, 0.3) is 0 Å². The minimum absolute atomic E-state index is 0.00144. The van der Waals surface area contributed by atoms with Gasteiger partial charge in [0.05, 0.1) is 0 Å². The van der Waals surface area contributed by atoms with Gasteiger partial charge < -0.3 is 10.5 Å². The van der Waals surface area contributed by atoms with Gasteiger partial charge in [-0.15, -0.1) is 0 Å². The van der Waals surface area contributed by atoms with Crippen LogP contribution in [-0.4, -0.2) is 9.97 Å². The molecule has 2 N–H and O–H groups in total. The Labute approximate surface area is 120 Å². The summed E-state index contributed by atoms with van der Waals surface area (Å²) in [7, 11) is 0. The summed E-state index contributed by atoms with van der Waals surface area (Å²) >= 11 is 0. The normalized spacial score (nSPS) is 11.4. The Balaban J connectivity index is 2.32. The van der Waals surface area contributed by atoms with Crippen LogP contribution in [0.1, 0.15) is 37.5 Å². The van der Waals surface area contributed by atoms with Crippen LogP contribution in [-0.2, 0) is 12.0 Å². The molecule has 0 atom stereocenters. The Kier molecular flexibility index (Phi) is 4.04. The van der Waals surface area contributed by atoms with E-state index in [2.05, 4.69) is 43.7 Å². The molecule has 106 valence electrons. The van der Waals surface area contributed by atoms with Gasteiger partial charge >= 0.3 is 6.01 Å². The minimum atomic E-state index is -0.00144. The van der Waals surface area contributed by atoms with Crippen molar-refractivity contribution >= 4 is 0 Å². The van der Waals surface area contributed by atoms with Crippen LogP contribution in [0.5, 0.6) is 11.8 Å². The molecule has 0 aliphatic carbocycles. The Bertz CT molecular complexity index is 586. The fourth-order valence-corrected chi connectivity index (χ4v) is 1.92. The van der Waals surface area contributed by atoms with Crippen molar-refractivity contribution in [1.82, 2.24) is 9.97 Å². The zero-order valence-corrected chi connectivity index (χ0v) is 12.5. The van der Waals surface area contributed by atoms with E-state index >= 15 is 0 Å². The van der Waals surface area contributed by atoms with Crippen LogP contribution in [0.4, 0.5) is 0 Å². The fraction of sp³-hybridized carbons (Fsp3) is 0.375. The summed E-state index contributed by atoms with van der Waals surface area (Å²) in [5.41, 5.74) is 8.77. The average molecular weight is 271 g/mol. The molecule has 4 nitrogen and oxygen atoms in total. The summed E-state index contributed by atoms with van der Waals surface area (Å²) in [5, 5.41) is 0. The summed E-state index contributed by atoms with van der Waals surface area (Å²) in [6.45, 7) is 8.98. The molecule has 0 amide bonds. The van der Waals surface area contributed by atoms with Crippen LogP contribution in [0, 0.1) is 6.92 Å². The topological polar surface area (TPSA) is 61.0 Å². The highest BCUT2D eigenvalue weighted by molar-refractivity contribution is 5.42. The highest BCUT2D eigenvalue weighted by atomic mass is 16.5. The zero-order valence-electron chi connectivity index (χ0n) is 12.5. The Morgan fingerprint density at radius 2 is 1.80 bits per heavy atom. The predicted molar refractivity (Wildman–Crippen MR) is 79.9 cm³/mol. The number of rotatable bonds is 3. The molecule has 1 heterocycles. The van der Waals surface area contributed by atoms with Crippen molar-refractivity contribution in [1.29, 1.82) is 0 Å². The highest BCUT2D eigenvalue weighted by Crippen LogP contribution is 2.33.